The maximum absolute atomic E-state index is 13.0. The van der Waals surface area contributed by atoms with Crippen LogP contribution in [0.15, 0.2) is 60.7 Å². The number of hydrogen-bond donors (Lipinski definition) is 0. The van der Waals surface area contributed by atoms with Gasteiger partial charge in [0.2, 0.25) is 0 Å². The Kier molecular flexibility index (Phi) is 6.62. The van der Waals surface area contributed by atoms with Crippen LogP contribution in [0.1, 0.15) is 20.7 Å². The van der Waals surface area contributed by atoms with Gasteiger partial charge in [-0.15, -0.1) is 0 Å². The second kappa shape index (κ2) is 9.33. The number of carbonyl (C=O) groups excluding carboxylic acids is 2. The smallest absolute Gasteiger partial charge is 0.452 e. The molecule has 2 bridgehead atoms. The monoisotopic (exact) mass is 502 g/mol. The molecule has 0 aliphatic carbocycles. The van der Waals surface area contributed by atoms with Gasteiger partial charge in [-0.3, -0.25) is 4.18 Å². The van der Waals surface area contributed by atoms with Gasteiger partial charge in [0, 0.05) is 0 Å². The highest BCUT2D eigenvalue weighted by atomic mass is 32.2. The lowest BCUT2D eigenvalue weighted by atomic mass is 10.0. The van der Waals surface area contributed by atoms with Crippen LogP contribution >= 0.6 is 0 Å². The fraction of sp³-hybridized carbons (Fsp3) is 0.333. The number of ether oxygens (including phenoxy) is 4. The molecule has 2 saturated heterocycles. The van der Waals surface area contributed by atoms with Crippen molar-refractivity contribution in [3.05, 3.63) is 71.8 Å². The zero-order chi connectivity index (χ0) is 24.5. The zero-order valence-electron chi connectivity index (χ0n) is 17.1. The van der Waals surface area contributed by atoms with Gasteiger partial charge >= 0.3 is 27.6 Å². The summed E-state index contributed by atoms with van der Waals surface area (Å²) >= 11 is 0. The summed E-state index contributed by atoms with van der Waals surface area (Å²) in [7, 11) is -6.13. The molecule has 5 atom stereocenters. The van der Waals surface area contributed by atoms with Crippen molar-refractivity contribution in [2.24, 2.45) is 0 Å². The predicted molar refractivity (Wildman–Crippen MR) is 106 cm³/mol. The van der Waals surface area contributed by atoms with Gasteiger partial charge < -0.3 is 18.9 Å². The number of alkyl halides is 3. The number of fused-ring (bicyclic) bond motifs is 2. The van der Waals surface area contributed by atoms with E-state index in [1.165, 1.54) is 36.4 Å². The summed E-state index contributed by atoms with van der Waals surface area (Å²) in [4.78, 5) is 25.3. The summed E-state index contributed by atoms with van der Waals surface area (Å²) in [5.41, 5.74) is -5.66. The SMILES string of the molecule is O=C(O[C@@H]1[C@@H](OC(=O)c2ccccc2)[C@H]2OC[C@H](O2)[C@H]1OS(=O)(=O)C(F)(F)F)c1ccccc1. The van der Waals surface area contributed by atoms with E-state index in [0.29, 0.717) is 0 Å². The summed E-state index contributed by atoms with van der Waals surface area (Å²) in [6.45, 7) is -0.387. The number of benzene rings is 2. The van der Waals surface area contributed by atoms with Gasteiger partial charge in [-0.1, -0.05) is 36.4 Å². The molecule has 2 aliphatic heterocycles. The standard InChI is InChI=1S/C21H17F3O9S/c22-21(23,24)34(27,28)33-15-14-11-29-20(30-14)17(32-19(26)13-9-5-2-6-10-13)16(15)31-18(25)12-7-3-1-4-8-12/h1-10,14-17,20H,11H2/t14-,15+,16-,17+,20-/m0/s1. The van der Waals surface area contributed by atoms with Gasteiger partial charge in [0.05, 0.1) is 17.7 Å². The van der Waals surface area contributed by atoms with Crippen molar-refractivity contribution in [1.82, 2.24) is 0 Å². The Labute approximate surface area is 191 Å². The minimum atomic E-state index is -6.13. The van der Waals surface area contributed by atoms with Crippen molar-refractivity contribution in [3.8, 4) is 0 Å². The molecule has 2 aliphatic rings. The lowest BCUT2D eigenvalue weighted by Crippen LogP contribution is -2.59. The number of esters is 2. The molecule has 2 fully saturated rings. The van der Waals surface area contributed by atoms with Gasteiger partial charge in [0.15, 0.2) is 18.5 Å². The second-order valence-corrected chi connectivity index (χ2v) is 8.87. The van der Waals surface area contributed by atoms with Crippen LogP contribution in [0.2, 0.25) is 0 Å². The molecule has 0 radical (unpaired) electrons. The van der Waals surface area contributed by atoms with Crippen molar-refractivity contribution >= 4 is 22.1 Å². The quantitative estimate of drug-likeness (QED) is 0.334. The van der Waals surface area contributed by atoms with E-state index in [9.17, 15) is 31.2 Å². The third-order valence-electron chi connectivity index (χ3n) is 5.04. The highest BCUT2D eigenvalue weighted by Crippen LogP contribution is 2.37. The topological polar surface area (TPSA) is 114 Å². The van der Waals surface area contributed by atoms with Crippen LogP contribution in [0.5, 0.6) is 0 Å². The van der Waals surface area contributed by atoms with Crippen LogP contribution < -0.4 is 0 Å². The first-order chi connectivity index (χ1) is 16.1. The molecule has 0 unspecified atom stereocenters. The molecule has 0 N–H and O–H groups in total. The minimum Gasteiger partial charge on any atom is -0.452 e. The fourth-order valence-corrected chi connectivity index (χ4v) is 4.08. The molecule has 2 heterocycles. The highest BCUT2D eigenvalue weighted by molar-refractivity contribution is 7.87. The van der Waals surface area contributed by atoms with Crippen molar-refractivity contribution in [2.75, 3.05) is 6.61 Å². The molecule has 0 aromatic heterocycles. The highest BCUT2D eigenvalue weighted by Gasteiger charge is 2.59. The average molecular weight is 502 g/mol. The van der Waals surface area contributed by atoms with Crippen LogP contribution in [-0.4, -0.2) is 63.2 Å². The molecule has 2 aromatic carbocycles. The molecular formula is C21H17F3O9S. The molecule has 9 nitrogen and oxygen atoms in total. The Balaban J connectivity index is 1.67. The molecule has 0 spiro atoms. The third kappa shape index (κ3) is 4.92. The summed E-state index contributed by atoms with van der Waals surface area (Å²) in [5, 5.41) is 0. The summed E-state index contributed by atoms with van der Waals surface area (Å²) in [6.07, 6.45) is -8.12. The van der Waals surface area contributed by atoms with Crippen molar-refractivity contribution in [3.63, 3.8) is 0 Å². The predicted octanol–water partition coefficient (Wildman–Crippen LogP) is 2.43. The number of carbonyl (C=O) groups is 2. The number of halogens is 3. The lowest BCUT2D eigenvalue weighted by Gasteiger charge is -2.38. The van der Waals surface area contributed by atoms with Crippen molar-refractivity contribution in [1.29, 1.82) is 0 Å². The van der Waals surface area contributed by atoms with Crippen molar-refractivity contribution < 1.29 is 54.3 Å². The van der Waals surface area contributed by atoms with Crippen LogP contribution in [0, 0.1) is 0 Å². The third-order valence-corrected chi connectivity index (χ3v) is 6.08. The molecule has 0 saturated carbocycles. The van der Waals surface area contributed by atoms with E-state index in [0.717, 1.165) is 0 Å². The average Bonchev–Trinajstić information content (AvgIpc) is 3.25. The van der Waals surface area contributed by atoms with Crippen molar-refractivity contribution in [2.45, 2.75) is 36.2 Å². The molecule has 2 aromatic rings. The molecule has 34 heavy (non-hydrogen) atoms. The Morgan fingerprint density at radius 1 is 0.824 bits per heavy atom. The molecule has 182 valence electrons. The largest absolute Gasteiger partial charge is 0.523 e. The van der Waals surface area contributed by atoms with Crippen LogP contribution in [-0.2, 0) is 33.2 Å². The first-order valence-electron chi connectivity index (χ1n) is 9.85. The second-order valence-electron chi connectivity index (χ2n) is 7.31. The van der Waals surface area contributed by atoms with E-state index in [2.05, 4.69) is 4.18 Å². The molecule has 4 rings (SSSR count). The van der Waals surface area contributed by atoms with Crippen LogP contribution in [0.4, 0.5) is 13.2 Å². The number of rotatable bonds is 6. The Morgan fingerprint density at radius 3 is 1.82 bits per heavy atom. The van der Waals surface area contributed by atoms with E-state index in [1.54, 1.807) is 24.3 Å². The van der Waals surface area contributed by atoms with E-state index < -0.39 is 58.3 Å². The maximum atomic E-state index is 13.0. The normalized spacial score (nSPS) is 26.6. The first-order valence-corrected chi connectivity index (χ1v) is 11.3. The zero-order valence-corrected chi connectivity index (χ0v) is 17.9. The van der Waals surface area contributed by atoms with Gasteiger partial charge in [0.1, 0.15) is 12.2 Å². The summed E-state index contributed by atoms with van der Waals surface area (Å²) in [6, 6.07) is 15.0. The van der Waals surface area contributed by atoms with E-state index in [1.807, 2.05) is 0 Å². The van der Waals surface area contributed by atoms with E-state index in [4.69, 9.17) is 18.9 Å². The van der Waals surface area contributed by atoms with Crippen LogP contribution in [0.3, 0.4) is 0 Å². The van der Waals surface area contributed by atoms with Gasteiger partial charge in [0.25, 0.3) is 0 Å². The Hall–Kier alpha value is -3.00. The molecule has 0 amide bonds. The van der Waals surface area contributed by atoms with Gasteiger partial charge in [-0.25, -0.2) is 9.59 Å². The summed E-state index contributed by atoms with van der Waals surface area (Å²) < 4.78 is 88.5. The van der Waals surface area contributed by atoms with E-state index in [-0.39, 0.29) is 17.7 Å². The van der Waals surface area contributed by atoms with Crippen LogP contribution in [0.25, 0.3) is 0 Å². The number of hydrogen-bond acceptors (Lipinski definition) is 9. The van der Waals surface area contributed by atoms with Gasteiger partial charge in [-0.2, -0.15) is 21.6 Å². The maximum Gasteiger partial charge on any atom is 0.523 e. The minimum absolute atomic E-state index is 0.0211. The Morgan fingerprint density at radius 2 is 1.32 bits per heavy atom. The van der Waals surface area contributed by atoms with E-state index >= 15 is 0 Å². The molecular weight excluding hydrogens is 485 g/mol. The molecule has 13 heteroatoms. The van der Waals surface area contributed by atoms with Gasteiger partial charge in [-0.05, 0) is 24.3 Å². The Bertz CT molecular complexity index is 1140. The fourth-order valence-electron chi connectivity index (χ4n) is 3.44. The lowest BCUT2D eigenvalue weighted by molar-refractivity contribution is -0.224. The summed E-state index contributed by atoms with van der Waals surface area (Å²) in [5.74, 6) is -1.94. The first kappa shape index (κ1) is 24.1.